The lowest BCUT2D eigenvalue weighted by Crippen LogP contribution is -2.55. The van der Waals surface area contributed by atoms with Crippen LogP contribution in [0.25, 0.3) is 11.1 Å². The molecular weight excluding hydrogens is 441 g/mol. The first kappa shape index (κ1) is 22.7. The molecule has 2 bridgehead atoms. The predicted molar refractivity (Wildman–Crippen MR) is 123 cm³/mol. The molecule has 0 amide bonds. The molecule has 7 heteroatoms. The molecule has 2 fully saturated rings. The third kappa shape index (κ3) is 4.89. The fourth-order valence-electron chi connectivity index (χ4n) is 5.01. The number of ether oxygens (including phenoxy) is 1. The zero-order valence-electron chi connectivity index (χ0n) is 19.0. The van der Waals surface area contributed by atoms with Crippen molar-refractivity contribution in [3.8, 4) is 22.8 Å². The number of benzene rings is 2. The van der Waals surface area contributed by atoms with E-state index in [0.29, 0.717) is 0 Å². The van der Waals surface area contributed by atoms with E-state index in [1.54, 1.807) is 0 Å². The van der Waals surface area contributed by atoms with Crippen LogP contribution in [0.1, 0.15) is 43.2 Å². The van der Waals surface area contributed by atoms with Gasteiger partial charge in [-0.05, 0) is 43.5 Å². The minimum Gasteiger partial charge on any atom is -0.490 e. The maximum atomic E-state index is 12.8. The van der Waals surface area contributed by atoms with E-state index < -0.39 is 11.7 Å². The van der Waals surface area contributed by atoms with E-state index in [9.17, 15) is 13.2 Å². The van der Waals surface area contributed by atoms with Crippen molar-refractivity contribution in [2.45, 2.75) is 63.4 Å². The molecule has 4 nitrogen and oxygen atoms in total. The first-order chi connectivity index (χ1) is 16.4. The van der Waals surface area contributed by atoms with Crippen LogP contribution < -0.4 is 9.57 Å². The van der Waals surface area contributed by atoms with Gasteiger partial charge in [0.25, 0.3) is 0 Å². The summed E-state index contributed by atoms with van der Waals surface area (Å²) in [5, 5.41) is 1.94. The summed E-state index contributed by atoms with van der Waals surface area (Å²) in [6.45, 7) is 2.08. The van der Waals surface area contributed by atoms with Crippen molar-refractivity contribution in [2.24, 2.45) is 0 Å². The van der Waals surface area contributed by atoms with Crippen molar-refractivity contribution >= 4 is 0 Å². The van der Waals surface area contributed by atoms with E-state index in [0.717, 1.165) is 61.2 Å². The molecule has 34 heavy (non-hydrogen) atoms. The number of fused-ring (bicyclic) bond motifs is 2. The summed E-state index contributed by atoms with van der Waals surface area (Å²) in [4.78, 5) is 9.89. The van der Waals surface area contributed by atoms with Gasteiger partial charge in [0.15, 0.2) is 0 Å². The second-order valence-corrected chi connectivity index (χ2v) is 9.15. The largest absolute Gasteiger partial charge is 0.490 e. The second kappa shape index (κ2) is 9.29. The molecule has 2 aromatic carbocycles. The van der Waals surface area contributed by atoms with Gasteiger partial charge in [-0.2, -0.15) is 13.2 Å². The molecule has 5 rings (SSSR count). The Kier molecular flexibility index (Phi) is 6.21. The van der Waals surface area contributed by atoms with Gasteiger partial charge in [0, 0.05) is 42.8 Å². The summed E-state index contributed by atoms with van der Waals surface area (Å²) in [6, 6.07) is 19.1. The lowest BCUT2D eigenvalue weighted by atomic mass is 9.84. The average Bonchev–Trinajstić information content (AvgIpc) is 2.81. The zero-order valence-corrected chi connectivity index (χ0v) is 19.0. The van der Waals surface area contributed by atoms with Crippen LogP contribution in [-0.4, -0.2) is 28.2 Å². The maximum Gasteiger partial charge on any atom is 0.417 e. The highest BCUT2D eigenvalue weighted by Crippen LogP contribution is 2.39. The van der Waals surface area contributed by atoms with Crippen LogP contribution in [0.3, 0.4) is 0 Å². The summed E-state index contributed by atoms with van der Waals surface area (Å²) in [5.74, 6) is 1.06. The van der Waals surface area contributed by atoms with Crippen LogP contribution in [0, 0.1) is 6.92 Å². The van der Waals surface area contributed by atoms with Crippen molar-refractivity contribution in [3.05, 3.63) is 78.0 Å². The Labute approximate surface area is 197 Å². The number of hydrogen-bond donors (Lipinski definition) is 0. The van der Waals surface area contributed by atoms with Gasteiger partial charge in [0.2, 0.25) is 5.88 Å². The number of nitrogens with zero attached hydrogens (tertiary/aromatic N) is 2. The van der Waals surface area contributed by atoms with E-state index in [4.69, 9.17) is 9.57 Å². The Balaban J connectivity index is 1.30. The summed E-state index contributed by atoms with van der Waals surface area (Å²) >= 11 is 0. The molecule has 2 aliphatic heterocycles. The quantitative estimate of drug-likeness (QED) is 0.411. The maximum absolute atomic E-state index is 12.8. The van der Waals surface area contributed by atoms with Gasteiger partial charge in [-0.25, -0.2) is 4.98 Å². The average molecular weight is 469 g/mol. The van der Waals surface area contributed by atoms with Gasteiger partial charge in [-0.3, -0.25) is 0 Å². The molecule has 0 aliphatic carbocycles. The van der Waals surface area contributed by atoms with Crippen molar-refractivity contribution in [2.75, 3.05) is 0 Å². The molecule has 0 unspecified atom stereocenters. The smallest absolute Gasteiger partial charge is 0.417 e. The number of halogens is 3. The van der Waals surface area contributed by atoms with Gasteiger partial charge in [-0.15, -0.1) is 5.06 Å². The van der Waals surface area contributed by atoms with Gasteiger partial charge >= 0.3 is 6.18 Å². The van der Waals surface area contributed by atoms with Crippen molar-refractivity contribution < 1.29 is 22.7 Å². The summed E-state index contributed by atoms with van der Waals surface area (Å²) in [7, 11) is 0. The number of hydrogen-bond acceptors (Lipinski definition) is 4. The molecule has 3 heterocycles. The number of hydroxylamine groups is 2. The Morgan fingerprint density at radius 3 is 2.32 bits per heavy atom. The van der Waals surface area contributed by atoms with Crippen LogP contribution in [0.5, 0.6) is 11.6 Å². The molecule has 178 valence electrons. The Bertz CT molecular complexity index is 1100. The third-order valence-electron chi connectivity index (χ3n) is 6.64. The van der Waals surface area contributed by atoms with Crippen molar-refractivity contribution in [1.29, 1.82) is 0 Å². The van der Waals surface area contributed by atoms with E-state index in [1.165, 1.54) is 11.6 Å². The number of aromatic nitrogens is 1. The lowest BCUT2D eigenvalue weighted by molar-refractivity contribution is -0.185. The highest BCUT2D eigenvalue weighted by molar-refractivity contribution is 5.71. The minimum absolute atomic E-state index is 0.0425. The molecule has 2 saturated heterocycles. The molecule has 0 radical (unpaired) electrons. The standard InChI is InChI=1S/C27H27F3N2O2/c1-18-10-12-25(24(14-18)19-6-3-2-4-7-19)33-23-15-21-8-5-9-22(16-23)32(21)34-26-13-11-20(17-31-26)27(28,29)30/h2-4,6-7,10-14,17,21-23H,5,8-9,15-16H2,1H3/t21-,22+,23+. The van der Waals surface area contributed by atoms with Crippen LogP contribution in [-0.2, 0) is 6.18 Å². The number of aryl methyl sites for hydroxylation is 1. The molecule has 3 aromatic rings. The Morgan fingerprint density at radius 2 is 1.68 bits per heavy atom. The second-order valence-electron chi connectivity index (χ2n) is 9.15. The SMILES string of the molecule is Cc1ccc(O[C@H]2C[C@H]3CCC[C@@H](C2)N3Oc2ccc(C(F)(F)F)cn2)c(-c2ccccc2)c1. The topological polar surface area (TPSA) is 34.6 Å². The number of piperidine rings is 2. The van der Waals surface area contributed by atoms with Crippen LogP contribution in [0.4, 0.5) is 13.2 Å². The fraction of sp³-hybridized carbons (Fsp3) is 0.370. The molecule has 0 spiro atoms. The molecular formula is C27H27F3N2O2. The molecule has 0 saturated carbocycles. The predicted octanol–water partition coefficient (Wildman–Crippen LogP) is 6.83. The van der Waals surface area contributed by atoms with Crippen LogP contribution >= 0.6 is 0 Å². The van der Waals surface area contributed by atoms with Crippen molar-refractivity contribution in [1.82, 2.24) is 10.0 Å². The van der Waals surface area contributed by atoms with E-state index in [1.807, 2.05) is 29.3 Å². The summed E-state index contributed by atoms with van der Waals surface area (Å²) < 4.78 is 45.1. The highest BCUT2D eigenvalue weighted by atomic mass is 19.4. The summed E-state index contributed by atoms with van der Waals surface area (Å²) in [6.07, 6.45) is 1.05. The third-order valence-corrected chi connectivity index (χ3v) is 6.64. The monoisotopic (exact) mass is 468 g/mol. The first-order valence-corrected chi connectivity index (χ1v) is 11.7. The number of alkyl halides is 3. The van der Waals surface area contributed by atoms with Gasteiger partial charge in [0.1, 0.15) is 11.9 Å². The number of rotatable bonds is 5. The van der Waals surface area contributed by atoms with Crippen LogP contribution in [0.15, 0.2) is 66.9 Å². The number of pyridine rings is 1. The van der Waals surface area contributed by atoms with Crippen LogP contribution in [0.2, 0.25) is 0 Å². The minimum atomic E-state index is -4.41. The lowest BCUT2D eigenvalue weighted by Gasteiger charge is -2.46. The Morgan fingerprint density at radius 1 is 0.941 bits per heavy atom. The molecule has 0 N–H and O–H groups in total. The normalized spacial score (nSPS) is 22.9. The van der Waals surface area contributed by atoms with E-state index in [-0.39, 0.29) is 24.1 Å². The van der Waals surface area contributed by atoms with Gasteiger partial charge in [0.05, 0.1) is 5.56 Å². The van der Waals surface area contributed by atoms with Gasteiger partial charge < -0.3 is 9.57 Å². The highest BCUT2D eigenvalue weighted by Gasteiger charge is 2.41. The van der Waals surface area contributed by atoms with E-state index >= 15 is 0 Å². The molecule has 3 atom stereocenters. The first-order valence-electron chi connectivity index (χ1n) is 11.7. The van der Waals surface area contributed by atoms with Crippen molar-refractivity contribution in [3.63, 3.8) is 0 Å². The Hall–Kier alpha value is -3.06. The van der Waals surface area contributed by atoms with E-state index in [2.05, 4.69) is 36.2 Å². The fourth-order valence-corrected chi connectivity index (χ4v) is 5.01. The zero-order chi connectivity index (χ0) is 23.7. The van der Waals surface area contributed by atoms with Gasteiger partial charge in [-0.1, -0.05) is 48.4 Å². The molecule has 2 aliphatic rings. The summed E-state index contributed by atoms with van der Waals surface area (Å²) in [5.41, 5.74) is 2.60. The molecule has 1 aromatic heterocycles.